The molecule has 0 aromatic rings. The third kappa shape index (κ3) is 16.4. The normalized spacial score (nSPS) is 9.78. The van der Waals surface area contributed by atoms with Gasteiger partial charge < -0.3 is 14.2 Å². The molecular formula is C15H20Cl2O6. The van der Waals surface area contributed by atoms with Crippen LogP contribution in [-0.4, -0.2) is 49.8 Å². The Labute approximate surface area is 145 Å². The van der Waals surface area contributed by atoms with Gasteiger partial charge in [-0.25, -0.2) is 4.79 Å². The highest BCUT2D eigenvalue weighted by Gasteiger charge is 2.07. The Morgan fingerprint density at radius 1 is 1.00 bits per heavy atom. The van der Waals surface area contributed by atoms with Crippen LogP contribution in [0.15, 0.2) is 37.1 Å². The fourth-order valence-corrected chi connectivity index (χ4v) is 1.16. The number of hydrogen-bond donors (Lipinski definition) is 0. The molecule has 23 heavy (non-hydrogen) atoms. The maximum absolute atomic E-state index is 10.8. The number of carbonyl (C=O) groups excluding carboxylic acids is 3. The summed E-state index contributed by atoms with van der Waals surface area (Å²) in [7, 11) is 1.44. The van der Waals surface area contributed by atoms with Crippen LogP contribution in [0.2, 0.25) is 0 Å². The predicted molar refractivity (Wildman–Crippen MR) is 88.5 cm³/mol. The number of halogens is 2. The minimum atomic E-state index is -0.560. The smallest absolute Gasteiger partial charge is 0.334 e. The molecular weight excluding hydrogens is 347 g/mol. The number of carbonyl (C=O) groups is 3. The molecule has 0 amide bonds. The van der Waals surface area contributed by atoms with E-state index in [1.54, 1.807) is 0 Å². The molecule has 0 aliphatic rings. The lowest BCUT2D eigenvalue weighted by molar-refractivity contribution is -0.144. The monoisotopic (exact) mass is 366 g/mol. The van der Waals surface area contributed by atoms with E-state index < -0.39 is 11.9 Å². The molecule has 0 aliphatic heterocycles. The van der Waals surface area contributed by atoms with Crippen molar-refractivity contribution >= 4 is 40.9 Å². The van der Waals surface area contributed by atoms with E-state index in [1.165, 1.54) is 25.3 Å². The second-order valence-electron chi connectivity index (χ2n) is 3.69. The zero-order valence-electron chi connectivity index (χ0n) is 12.9. The van der Waals surface area contributed by atoms with Gasteiger partial charge in [-0.05, 0) is 0 Å². The van der Waals surface area contributed by atoms with Gasteiger partial charge in [0.25, 0.3) is 0 Å². The molecule has 8 heteroatoms. The molecule has 0 N–H and O–H groups in total. The van der Waals surface area contributed by atoms with E-state index >= 15 is 0 Å². The average Bonchev–Trinajstić information content (AvgIpc) is 2.56. The van der Waals surface area contributed by atoms with Gasteiger partial charge in [-0.1, -0.05) is 25.3 Å². The Morgan fingerprint density at radius 3 is 2.00 bits per heavy atom. The van der Waals surface area contributed by atoms with Crippen molar-refractivity contribution in [2.24, 2.45) is 0 Å². The second kappa shape index (κ2) is 16.6. The summed E-state index contributed by atoms with van der Waals surface area (Å²) in [4.78, 5) is 32.0. The lowest BCUT2D eigenvalue weighted by atomic mass is 10.3. The molecule has 0 fully saturated rings. The van der Waals surface area contributed by atoms with E-state index in [0.717, 1.165) is 0 Å². The van der Waals surface area contributed by atoms with Crippen LogP contribution in [0.25, 0.3) is 0 Å². The summed E-state index contributed by atoms with van der Waals surface area (Å²) in [6, 6.07) is 0. The van der Waals surface area contributed by atoms with Crippen LogP contribution in [0.5, 0.6) is 0 Å². The van der Waals surface area contributed by atoms with E-state index in [-0.39, 0.29) is 37.2 Å². The van der Waals surface area contributed by atoms with Crippen molar-refractivity contribution in [1.82, 2.24) is 0 Å². The maximum Gasteiger partial charge on any atom is 0.334 e. The molecule has 0 saturated carbocycles. The van der Waals surface area contributed by atoms with Crippen LogP contribution < -0.4 is 0 Å². The lowest BCUT2D eigenvalue weighted by Gasteiger charge is -2.00. The largest absolute Gasteiger partial charge is 0.500 e. The van der Waals surface area contributed by atoms with Crippen LogP contribution in [0.4, 0.5) is 0 Å². The van der Waals surface area contributed by atoms with E-state index in [2.05, 4.69) is 22.6 Å². The minimum absolute atomic E-state index is 0.133. The van der Waals surface area contributed by atoms with Crippen molar-refractivity contribution in [2.45, 2.75) is 6.42 Å². The number of hydrogen-bond acceptors (Lipinski definition) is 6. The molecule has 0 aromatic carbocycles. The van der Waals surface area contributed by atoms with Crippen LogP contribution >= 0.6 is 23.2 Å². The lowest BCUT2D eigenvalue weighted by Crippen LogP contribution is -2.11. The Kier molecular flexibility index (Phi) is 16.9. The number of methoxy groups -OCH3 is 1. The highest BCUT2D eigenvalue weighted by atomic mass is 35.5. The van der Waals surface area contributed by atoms with Gasteiger partial charge in [-0.3, -0.25) is 9.59 Å². The first-order chi connectivity index (χ1) is 10.9. The van der Waals surface area contributed by atoms with E-state index in [1.807, 2.05) is 0 Å². The summed E-state index contributed by atoms with van der Waals surface area (Å²) < 4.78 is 13.9. The van der Waals surface area contributed by atoms with E-state index in [0.29, 0.717) is 5.76 Å². The second-order valence-corrected chi connectivity index (χ2v) is 4.22. The van der Waals surface area contributed by atoms with Crippen LogP contribution in [0.3, 0.4) is 0 Å². The number of rotatable bonds is 10. The molecule has 0 aliphatic carbocycles. The quantitative estimate of drug-likeness (QED) is 0.147. The predicted octanol–water partition coefficient (Wildman–Crippen LogP) is 2.40. The van der Waals surface area contributed by atoms with Gasteiger partial charge in [0, 0.05) is 0 Å². The number of Topliss-reactive ketones (excluding diaryl/α,β-unsaturated/α-hetero) is 1. The molecule has 0 aromatic heterocycles. The van der Waals surface area contributed by atoms with Gasteiger partial charge in [0.15, 0.2) is 5.78 Å². The Hall–Kier alpha value is -1.79. The minimum Gasteiger partial charge on any atom is -0.500 e. The first kappa shape index (κ1) is 23.5. The third-order valence-corrected chi connectivity index (χ3v) is 2.43. The van der Waals surface area contributed by atoms with Gasteiger partial charge >= 0.3 is 11.9 Å². The molecule has 0 heterocycles. The topological polar surface area (TPSA) is 78.9 Å². The number of alkyl halides is 2. The zero-order chi connectivity index (χ0) is 18.1. The highest BCUT2D eigenvalue weighted by molar-refractivity contribution is 6.28. The summed E-state index contributed by atoms with van der Waals surface area (Å²) in [5.41, 5.74) is 0. The van der Waals surface area contributed by atoms with Crippen molar-refractivity contribution in [3.05, 3.63) is 37.1 Å². The van der Waals surface area contributed by atoms with Gasteiger partial charge in [-0.15, -0.1) is 23.2 Å². The van der Waals surface area contributed by atoms with Crippen LogP contribution in [0.1, 0.15) is 6.42 Å². The summed E-state index contributed by atoms with van der Waals surface area (Å²) in [6.07, 6.45) is 3.87. The Bertz CT molecular complexity index is 426. The fourth-order valence-electron chi connectivity index (χ4n) is 0.877. The molecule has 0 unspecified atom stereocenters. The van der Waals surface area contributed by atoms with Gasteiger partial charge in [0.2, 0.25) is 0 Å². The molecule has 0 rings (SSSR count). The van der Waals surface area contributed by atoms with Crippen molar-refractivity contribution in [3.8, 4) is 0 Å². The van der Waals surface area contributed by atoms with Crippen molar-refractivity contribution in [2.75, 3.05) is 32.1 Å². The van der Waals surface area contributed by atoms with E-state index in [9.17, 15) is 14.4 Å². The third-order valence-electron chi connectivity index (χ3n) is 1.87. The summed E-state index contributed by atoms with van der Waals surface area (Å²) in [5.74, 6) is -0.988. The van der Waals surface area contributed by atoms with Gasteiger partial charge in [-0.2, -0.15) is 0 Å². The van der Waals surface area contributed by atoms with Crippen molar-refractivity contribution < 1.29 is 28.6 Å². The molecule has 0 radical (unpaired) electrons. The molecule has 130 valence electrons. The van der Waals surface area contributed by atoms with E-state index in [4.69, 9.17) is 27.9 Å². The van der Waals surface area contributed by atoms with Gasteiger partial charge in [0.05, 0.1) is 24.9 Å². The number of ether oxygens (including phenoxy) is 3. The maximum atomic E-state index is 10.8. The number of esters is 2. The molecule has 0 saturated heterocycles. The summed E-state index contributed by atoms with van der Waals surface area (Å²) >= 11 is 10.6. The average molecular weight is 367 g/mol. The number of allylic oxidation sites excluding steroid dienone is 1. The van der Waals surface area contributed by atoms with Crippen molar-refractivity contribution in [3.63, 3.8) is 0 Å². The van der Waals surface area contributed by atoms with Crippen LogP contribution in [-0.2, 0) is 28.6 Å². The van der Waals surface area contributed by atoms with Gasteiger partial charge in [0.1, 0.15) is 25.4 Å². The first-order valence-electron chi connectivity index (χ1n) is 6.37. The molecule has 0 spiro atoms. The zero-order valence-corrected chi connectivity index (χ0v) is 14.4. The standard InChI is InChI=1S/C8H11ClO3.C7H9ClO3/c1-3-4-12-8(10)5-7(6-9)11-2;1-2-3-11-7(10)4-6(9)5-8/h3,5H,1,4,6H2,2H3;2H,1,3-5H2/b7-5+;. The Balaban J connectivity index is 0. The van der Waals surface area contributed by atoms with Crippen molar-refractivity contribution in [1.29, 1.82) is 0 Å². The first-order valence-corrected chi connectivity index (χ1v) is 7.44. The molecule has 6 nitrogen and oxygen atoms in total. The SMILES string of the molecule is C=CCOC(=O)/C=C(\CCl)OC.C=CCOC(=O)CC(=O)CCl. The highest BCUT2D eigenvalue weighted by Crippen LogP contribution is 1.98. The Morgan fingerprint density at radius 2 is 1.57 bits per heavy atom. The summed E-state index contributed by atoms with van der Waals surface area (Å²) in [5, 5.41) is 0. The molecule has 0 atom stereocenters. The fraction of sp³-hybridized carbons (Fsp3) is 0.400. The number of ketones is 1. The van der Waals surface area contributed by atoms with Crippen LogP contribution in [0, 0.1) is 0 Å². The molecule has 0 bridgehead atoms. The summed E-state index contributed by atoms with van der Waals surface area (Å²) in [6.45, 7) is 7.06.